The standard InChI is InChI=1S/ClHO4.H3NO3S/c2-1(3,4)5;1-5(2,3)4/h(H,2,3,4,5);(H3,1,2,3,4). The molecule has 0 radical (unpaired) electrons. The molecule has 64 valence electrons. The molecule has 8 nitrogen and oxygen atoms in total. The Kier molecular flexibility index (Phi) is 5.06. The Labute approximate surface area is 58.1 Å². The minimum atomic E-state index is -4.69. The molecule has 0 spiro atoms. The van der Waals surface area contributed by atoms with Crippen molar-refractivity contribution in [3.8, 4) is 0 Å². The molecular weight excluding hydrogens is 194 g/mol. The second kappa shape index (κ2) is 4.00. The molecule has 4 N–H and O–H groups in total. The molecule has 0 amide bonds. The van der Waals surface area contributed by atoms with E-state index < -0.39 is 20.5 Å². The van der Waals surface area contributed by atoms with Crippen LogP contribution in [0.5, 0.6) is 0 Å². The van der Waals surface area contributed by atoms with E-state index in [2.05, 4.69) is 5.14 Å². The van der Waals surface area contributed by atoms with Crippen LogP contribution in [0.2, 0.25) is 0 Å². The summed E-state index contributed by atoms with van der Waals surface area (Å²) >= 11 is 0. The minimum Gasteiger partial charge on any atom is -0.274 e. The Balaban J connectivity index is 0. The van der Waals surface area contributed by atoms with Gasteiger partial charge in [-0.05, 0) is 0 Å². The van der Waals surface area contributed by atoms with Gasteiger partial charge >= 0.3 is 10.3 Å². The van der Waals surface area contributed by atoms with Gasteiger partial charge in [0.15, 0.2) is 0 Å². The summed E-state index contributed by atoms with van der Waals surface area (Å²) in [7, 11) is -8.86. The quantitative estimate of drug-likeness (QED) is 0.325. The summed E-state index contributed by atoms with van der Waals surface area (Å²) in [5, 5.41) is 3.88. The first-order chi connectivity index (χ1) is 4.00. The summed E-state index contributed by atoms with van der Waals surface area (Å²) in [6.45, 7) is 0. The first-order valence-corrected chi connectivity index (χ1v) is 4.15. The van der Waals surface area contributed by atoms with Gasteiger partial charge in [0.2, 0.25) is 0 Å². The summed E-state index contributed by atoms with van der Waals surface area (Å²) in [6, 6.07) is 0. The molecule has 0 aromatic heterocycles. The van der Waals surface area contributed by atoms with Crippen molar-refractivity contribution in [2.75, 3.05) is 0 Å². The van der Waals surface area contributed by atoms with Crippen molar-refractivity contribution in [3.05, 3.63) is 0 Å². The van der Waals surface area contributed by atoms with Crippen LogP contribution in [-0.4, -0.2) is 17.6 Å². The Morgan fingerprint density at radius 3 is 1.30 bits per heavy atom. The highest BCUT2D eigenvalue weighted by Gasteiger charge is 1.98. The first-order valence-electron chi connectivity index (χ1n) is 1.38. The van der Waals surface area contributed by atoms with E-state index in [0.717, 1.165) is 0 Å². The summed E-state index contributed by atoms with van der Waals surface area (Å²) < 4.78 is 57.9. The fraction of sp³-hybridized carbons (Fsp3) is 0. The van der Waals surface area contributed by atoms with E-state index in [1.54, 1.807) is 0 Å². The first kappa shape index (κ1) is 12.7. The normalized spacial score (nSPS) is 11.8. The molecule has 0 aliphatic carbocycles. The third-order valence-corrected chi connectivity index (χ3v) is 0. The Morgan fingerprint density at radius 1 is 1.30 bits per heavy atom. The summed E-state index contributed by atoms with van der Waals surface area (Å²) in [4.78, 5) is 0. The van der Waals surface area contributed by atoms with Gasteiger partial charge in [0.25, 0.3) is 0 Å². The van der Waals surface area contributed by atoms with E-state index in [9.17, 15) is 0 Å². The highest BCUT2D eigenvalue weighted by molar-refractivity contribution is 7.83. The van der Waals surface area contributed by atoms with Crippen LogP contribution in [0.25, 0.3) is 0 Å². The number of hydrogen-bond donors (Lipinski definition) is 3. The number of rotatable bonds is 0. The second-order valence-corrected chi connectivity index (χ2v) is 2.73. The molecule has 0 saturated carbocycles. The van der Waals surface area contributed by atoms with Gasteiger partial charge < -0.3 is 0 Å². The van der Waals surface area contributed by atoms with E-state index in [-0.39, 0.29) is 0 Å². The van der Waals surface area contributed by atoms with Crippen LogP contribution in [-0.2, 0) is 10.3 Å². The van der Waals surface area contributed by atoms with Crippen molar-refractivity contribution in [2.24, 2.45) is 5.14 Å². The average Bonchev–Trinajstić information content (AvgIpc) is 1.12. The lowest BCUT2D eigenvalue weighted by atomic mass is 13.9. The fourth-order valence-corrected chi connectivity index (χ4v) is 0. The largest absolute Gasteiger partial charge is 0.330 e. The number of nitrogens with two attached hydrogens (primary N) is 1. The van der Waals surface area contributed by atoms with Crippen LogP contribution in [0.3, 0.4) is 0 Å². The Bertz CT molecular complexity index is 149. The zero-order chi connectivity index (χ0) is 9.00. The second-order valence-electron chi connectivity index (χ2n) is 0.911. The van der Waals surface area contributed by atoms with Crippen LogP contribution in [0.15, 0.2) is 0 Å². The van der Waals surface area contributed by atoms with Crippen molar-refractivity contribution >= 4 is 10.3 Å². The van der Waals surface area contributed by atoms with Crippen molar-refractivity contribution in [1.29, 1.82) is 0 Å². The summed E-state index contributed by atoms with van der Waals surface area (Å²) in [5.41, 5.74) is 0. The third-order valence-electron chi connectivity index (χ3n) is 0. The molecule has 0 aliphatic heterocycles. The highest BCUT2D eigenvalue weighted by Crippen LogP contribution is 1.60. The molecule has 0 aromatic rings. The van der Waals surface area contributed by atoms with Gasteiger partial charge in [0, 0.05) is 0 Å². The van der Waals surface area contributed by atoms with Gasteiger partial charge in [-0.3, -0.25) is 4.55 Å². The zero-order valence-electron chi connectivity index (χ0n) is 4.30. The van der Waals surface area contributed by atoms with Crippen molar-refractivity contribution in [3.63, 3.8) is 0 Å². The smallest absolute Gasteiger partial charge is 0.274 e. The van der Waals surface area contributed by atoms with E-state index in [4.69, 9.17) is 31.6 Å². The lowest BCUT2D eigenvalue weighted by Gasteiger charge is -2.03. The molecule has 0 bridgehead atoms. The zero-order valence-corrected chi connectivity index (χ0v) is 5.87. The lowest BCUT2D eigenvalue weighted by Crippen LogP contribution is -2.58. The average molecular weight is 198 g/mol. The molecule has 10 heteroatoms. The molecule has 0 atom stereocenters. The number of halogens is 1. The molecule has 0 aromatic carbocycles. The van der Waals surface area contributed by atoms with Gasteiger partial charge in [0.05, 0.1) is 14.9 Å². The van der Waals surface area contributed by atoms with Crippen LogP contribution < -0.4 is 19.1 Å². The molecule has 10 heavy (non-hydrogen) atoms. The van der Waals surface area contributed by atoms with Gasteiger partial charge in [0.1, 0.15) is 0 Å². The molecule has 0 unspecified atom stereocenters. The van der Waals surface area contributed by atoms with Crippen LogP contribution in [0, 0.1) is 10.2 Å². The molecule has 0 aliphatic rings. The van der Waals surface area contributed by atoms with Gasteiger partial charge in [-0.1, -0.05) is 0 Å². The molecule has 0 saturated heterocycles. The maximum absolute atomic E-state index is 8.97. The van der Waals surface area contributed by atoms with Gasteiger partial charge in [-0.2, -0.15) is 22.4 Å². The predicted octanol–water partition coefficient (Wildman–Crippen LogP) is -5.38. The summed E-state index contributed by atoms with van der Waals surface area (Å²) in [6.07, 6.45) is 0. The fourth-order valence-electron chi connectivity index (χ4n) is 0. The van der Waals surface area contributed by atoms with Crippen molar-refractivity contribution in [2.45, 2.75) is 0 Å². The van der Waals surface area contributed by atoms with Crippen LogP contribution in [0.1, 0.15) is 0 Å². The third kappa shape index (κ3) is 81399999999999999143880466626510848. The van der Waals surface area contributed by atoms with E-state index >= 15 is 0 Å². The Morgan fingerprint density at radius 2 is 1.30 bits per heavy atom. The monoisotopic (exact) mass is 197 g/mol. The maximum atomic E-state index is 8.97. The highest BCUT2D eigenvalue weighted by atomic mass is 35.7. The summed E-state index contributed by atoms with van der Waals surface area (Å²) in [5.74, 6) is 0. The van der Waals surface area contributed by atoms with Gasteiger partial charge in [-0.25, -0.2) is 5.14 Å². The molecule has 0 rings (SSSR count). The molecule has 0 fully saturated rings. The van der Waals surface area contributed by atoms with Gasteiger partial charge in [-0.15, -0.1) is 0 Å². The predicted molar refractivity (Wildman–Crippen MR) is 18.0 cm³/mol. The van der Waals surface area contributed by atoms with E-state index in [1.165, 1.54) is 0 Å². The topological polar surface area (TPSA) is 170 Å². The lowest BCUT2D eigenvalue weighted by molar-refractivity contribution is -1.92. The molecular formula is H4ClNO7S. The maximum Gasteiger partial charge on any atom is 0.330 e. The SMILES string of the molecule is NS(=O)(=O)O.[O-][Cl+3]([O-])([O-])O. The van der Waals surface area contributed by atoms with Crippen molar-refractivity contribution in [1.82, 2.24) is 0 Å². The molecule has 0 heterocycles. The number of hydrogen-bond acceptors (Lipinski definition) is 6. The van der Waals surface area contributed by atoms with E-state index in [1.807, 2.05) is 0 Å². The van der Waals surface area contributed by atoms with Crippen molar-refractivity contribution < 1.29 is 41.8 Å². The minimum absolute atomic E-state index is 3.88. The van der Waals surface area contributed by atoms with Crippen LogP contribution in [0.4, 0.5) is 0 Å². The van der Waals surface area contributed by atoms with Crippen LogP contribution >= 0.6 is 0 Å². The Hall–Kier alpha value is -0.0000000000000000694. The van der Waals surface area contributed by atoms with E-state index in [0.29, 0.717) is 0 Å².